The molecule has 94 valence electrons. The van der Waals surface area contributed by atoms with Crippen LogP contribution in [0, 0.1) is 11.3 Å². The van der Waals surface area contributed by atoms with E-state index in [-0.39, 0.29) is 5.91 Å². The largest absolute Gasteiger partial charge is 0.320 e. The minimum absolute atomic E-state index is 0.307. The van der Waals surface area contributed by atoms with E-state index in [0.29, 0.717) is 21.4 Å². The molecule has 0 aliphatic heterocycles. The molecule has 0 atom stereocenters. The highest BCUT2D eigenvalue weighted by Crippen LogP contribution is 2.23. The second kappa shape index (κ2) is 5.95. The molecule has 0 aliphatic carbocycles. The zero-order valence-corrected chi connectivity index (χ0v) is 12.7. The summed E-state index contributed by atoms with van der Waals surface area (Å²) in [5.41, 5.74) is 1.43. The fraction of sp³-hybridized carbons (Fsp3) is 0. The first-order valence-electron chi connectivity index (χ1n) is 5.22. The molecule has 0 radical (unpaired) electrons. The number of nitrogens with one attached hydrogen (secondary N) is 1. The molecule has 0 saturated carbocycles. The van der Waals surface area contributed by atoms with E-state index in [1.165, 1.54) is 0 Å². The summed E-state index contributed by atoms with van der Waals surface area (Å²) in [7, 11) is 0. The molecule has 0 spiro atoms. The average molecular weight is 381 g/mol. The van der Waals surface area contributed by atoms with Gasteiger partial charge in [-0.3, -0.25) is 4.79 Å². The maximum Gasteiger partial charge on any atom is 0.274 e. The lowest BCUT2D eigenvalue weighted by molar-refractivity contribution is 0.102. The second-order valence-electron chi connectivity index (χ2n) is 3.62. The van der Waals surface area contributed by atoms with Gasteiger partial charge in [-0.2, -0.15) is 5.26 Å². The first-order valence-corrected chi connectivity index (χ1v) is 6.81. The summed E-state index contributed by atoms with van der Waals surface area (Å²) in [6.07, 6.45) is 1.56. The minimum atomic E-state index is -0.307. The molecular weight excluding hydrogens is 374 g/mol. The van der Waals surface area contributed by atoms with Gasteiger partial charge in [0.2, 0.25) is 0 Å². The molecule has 1 amide bonds. The number of anilines is 1. The first-order chi connectivity index (χ1) is 9.10. The van der Waals surface area contributed by atoms with Crippen LogP contribution in [0.5, 0.6) is 0 Å². The lowest BCUT2D eigenvalue weighted by Gasteiger charge is -2.07. The SMILES string of the molecule is N#Cc1ccc(NC(=O)c2ccc(Br)cn2)c(Br)c1. The molecular formula is C13H7Br2N3O. The summed E-state index contributed by atoms with van der Waals surface area (Å²) >= 11 is 6.56. The number of rotatable bonds is 2. The smallest absolute Gasteiger partial charge is 0.274 e. The van der Waals surface area contributed by atoms with Crippen LogP contribution in [0.2, 0.25) is 0 Å². The van der Waals surface area contributed by atoms with E-state index in [1.807, 2.05) is 6.07 Å². The van der Waals surface area contributed by atoms with Gasteiger partial charge < -0.3 is 5.32 Å². The third-order valence-corrected chi connectivity index (χ3v) is 3.43. The molecule has 0 bridgehead atoms. The third-order valence-electron chi connectivity index (χ3n) is 2.31. The Kier molecular flexibility index (Phi) is 4.30. The quantitative estimate of drug-likeness (QED) is 0.863. The van der Waals surface area contributed by atoms with E-state index in [0.717, 1.165) is 4.47 Å². The molecule has 0 aliphatic rings. The number of aromatic nitrogens is 1. The van der Waals surface area contributed by atoms with Crippen molar-refractivity contribution < 1.29 is 4.79 Å². The van der Waals surface area contributed by atoms with Gasteiger partial charge in [-0.05, 0) is 62.2 Å². The van der Waals surface area contributed by atoms with E-state index in [9.17, 15) is 4.79 Å². The van der Waals surface area contributed by atoms with Crippen molar-refractivity contribution in [1.82, 2.24) is 4.98 Å². The Morgan fingerprint density at radius 3 is 2.63 bits per heavy atom. The van der Waals surface area contributed by atoms with Gasteiger partial charge in [-0.1, -0.05) is 0 Å². The Balaban J connectivity index is 2.20. The van der Waals surface area contributed by atoms with Crippen molar-refractivity contribution in [3.05, 3.63) is 56.7 Å². The number of amides is 1. The highest BCUT2D eigenvalue weighted by Gasteiger charge is 2.09. The van der Waals surface area contributed by atoms with Crippen LogP contribution in [0.4, 0.5) is 5.69 Å². The van der Waals surface area contributed by atoms with E-state index in [1.54, 1.807) is 36.5 Å². The monoisotopic (exact) mass is 379 g/mol. The minimum Gasteiger partial charge on any atom is -0.320 e. The number of hydrogen-bond acceptors (Lipinski definition) is 3. The number of nitriles is 1. The van der Waals surface area contributed by atoms with Crippen LogP contribution in [0.3, 0.4) is 0 Å². The molecule has 1 N–H and O–H groups in total. The van der Waals surface area contributed by atoms with Crippen molar-refractivity contribution in [2.24, 2.45) is 0 Å². The van der Waals surface area contributed by atoms with E-state index in [4.69, 9.17) is 5.26 Å². The van der Waals surface area contributed by atoms with Crippen LogP contribution in [0.15, 0.2) is 45.5 Å². The topological polar surface area (TPSA) is 65.8 Å². The summed E-state index contributed by atoms with van der Waals surface area (Å²) in [5.74, 6) is -0.307. The molecule has 2 aromatic rings. The summed E-state index contributed by atoms with van der Waals surface area (Å²) in [6, 6.07) is 10.3. The lowest BCUT2D eigenvalue weighted by Crippen LogP contribution is -2.13. The van der Waals surface area contributed by atoms with Gasteiger partial charge >= 0.3 is 0 Å². The van der Waals surface area contributed by atoms with Crippen molar-refractivity contribution in [1.29, 1.82) is 5.26 Å². The Morgan fingerprint density at radius 1 is 1.26 bits per heavy atom. The molecule has 0 unspecified atom stereocenters. The Bertz CT molecular complexity index is 663. The van der Waals surface area contributed by atoms with Gasteiger partial charge in [0, 0.05) is 15.1 Å². The zero-order valence-electron chi connectivity index (χ0n) is 9.52. The van der Waals surface area contributed by atoms with Crippen LogP contribution in [0.1, 0.15) is 16.1 Å². The van der Waals surface area contributed by atoms with Gasteiger partial charge in [0.05, 0.1) is 17.3 Å². The maximum atomic E-state index is 12.0. The van der Waals surface area contributed by atoms with Crippen molar-refractivity contribution >= 4 is 43.5 Å². The number of carbonyl (C=O) groups is 1. The molecule has 1 aromatic carbocycles. The summed E-state index contributed by atoms with van der Waals surface area (Å²) in [5, 5.41) is 11.5. The van der Waals surface area contributed by atoms with Gasteiger partial charge in [-0.25, -0.2) is 4.98 Å². The standard InChI is InChI=1S/C13H7Br2N3O/c14-9-2-4-12(17-7-9)13(19)18-11-3-1-8(6-16)5-10(11)15/h1-5,7H,(H,18,19). The van der Waals surface area contributed by atoms with Crippen LogP contribution < -0.4 is 5.32 Å². The Hall–Kier alpha value is -1.71. The first kappa shape index (κ1) is 13.7. The fourth-order valence-electron chi connectivity index (χ4n) is 1.38. The van der Waals surface area contributed by atoms with Crippen LogP contribution in [-0.2, 0) is 0 Å². The Labute approximate surface area is 126 Å². The van der Waals surface area contributed by atoms with Crippen LogP contribution >= 0.6 is 31.9 Å². The molecule has 1 aromatic heterocycles. The number of halogens is 2. The molecule has 1 heterocycles. The molecule has 4 nitrogen and oxygen atoms in total. The second-order valence-corrected chi connectivity index (χ2v) is 5.39. The average Bonchev–Trinajstić information content (AvgIpc) is 2.41. The van der Waals surface area contributed by atoms with Crippen molar-refractivity contribution in [3.63, 3.8) is 0 Å². The highest BCUT2D eigenvalue weighted by atomic mass is 79.9. The number of nitrogens with zero attached hydrogens (tertiary/aromatic N) is 2. The van der Waals surface area contributed by atoms with Crippen molar-refractivity contribution in [2.45, 2.75) is 0 Å². The van der Waals surface area contributed by atoms with Gasteiger partial charge in [0.1, 0.15) is 5.69 Å². The van der Waals surface area contributed by atoms with Crippen molar-refractivity contribution in [3.8, 4) is 6.07 Å². The summed E-state index contributed by atoms with van der Waals surface area (Å²) < 4.78 is 1.46. The van der Waals surface area contributed by atoms with Gasteiger partial charge in [-0.15, -0.1) is 0 Å². The van der Waals surface area contributed by atoms with Crippen molar-refractivity contribution in [2.75, 3.05) is 5.32 Å². The summed E-state index contributed by atoms with van der Waals surface area (Å²) in [6.45, 7) is 0. The third kappa shape index (κ3) is 3.40. The fourth-order valence-corrected chi connectivity index (χ4v) is 2.09. The number of benzene rings is 1. The van der Waals surface area contributed by atoms with E-state index >= 15 is 0 Å². The predicted molar refractivity (Wildman–Crippen MR) is 78.7 cm³/mol. The number of pyridine rings is 1. The molecule has 0 saturated heterocycles. The van der Waals surface area contributed by atoms with E-state index < -0.39 is 0 Å². The molecule has 19 heavy (non-hydrogen) atoms. The van der Waals surface area contributed by atoms with Gasteiger partial charge in [0.25, 0.3) is 5.91 Å². The molecule has 6 heteroatoms. The summed E-state index contributed by atoms with van der Waals surface area (Å²) in [4.78, 5) is 16.0. The lowest BCUT2D eigenvalue weighted by atomic mass is 10.2. The number of hydrogen-bond donors (Lipinski definition) is 1. The molecule has 2 rings (SSSR count). The zero-order chi connectivity index (χ0) is 13.8. The highest BCUT2D eigenvalue weighted by molar-refractivity contribution is 9.10. The number of carbonyl (C=O) groups excluding carboxylic acids is 1. The Morgan fingerprint density at radius 2 is 2.05 bits per heavy atom. The maximum absolute atomic E-state index is 12.0. The van der Waals surface area contributed by atoms with Crippen LogP contribution in [0.25, 0.3) is 0 Å². The van der Waals surface area contributed by atoms with Crippen LogP contribution in [-0.4, -0.2) is 10.9 Å². The predicted octanol–water partition coefficient (Wildman–Crippen LogP) is 3.73. The normalized spacial score (nSPS) is 9.74. The van der Waals surface area contributed by atoms with Gasteiger partial charge in [0.15, 0.2) is 0 Å². The molecule has 0 fully saturated rings. The van der Waals surface area contributed by atoms with E-state index in [2.05, 4.69) is 42.2 Å².